The van der Waals surface area contributed by atoms with E-state index in [0.717, 1.165) is 58.3 Å². The zero-order chi connectivity index (χ0) is 20.1. The minimum Gasteiger partial charge on any atom is -0.342 e. The molecule has 0 aromatic carbocycles. The number of likely N-dealkylation sites (tertiary alicyclic amines) is 3. The molecule has 1 aliphatic carbocycles. The lowest BCUT2D eigenvalue weighted by molar-refractivity contribution is -0.137. The maximum atomic E-state index is 13.0. The van der Waals surface area contributed by atoms with Gasteiger partial charge < -0.3 is 15.1 Å². The van der Waals surface area contributed by atoms with Crippen LogP contribution in [0.2, 0.25) is 0 Å². The van der Waals surface area contributed by atoms with Crippen molar-refractivity contribution >= 4 is 11.9 Å². The van der Waals surface area contributed by atoms with Gasteiger partial charge in [0.05, 0.1) is 0 Å². The SMILES string of the molecule is O=C(NC1CCN(C(=O)C2CCCCC2)CC1)N1CCCCC(N2CCCC2)C1. The molecule has 1 unspecified atom stereocenters. The van der Waals surface area contributed by atoms with Gasteiger partial charge in [0.2, 0.25) is 5.91 Å². The summed E-state index contributed by atoms with van der Waals surface area (Å²) in [6.45, 7) is 5.77. The molecule has 4 aliphatic rings. The average Bonchev–Trinajstić information content (AvgIpc) is 3.19. The fraction of sp³-hybridized carbons (Fsp3) is 0.913. The maximum absolute atomic E-state index is 13.0. The second-order valence-corrected chi connectivity index (χ2v) is 9.72. The van der Waals surface area contributed by atoms with Crippen LogP contribution in [0.1, 0.15) is 77.0 Å². The van der Waals surface area contributed by atoms with Gasteiger partial charge in [-0.1, -0.05) is 25.7 Å². The number of carbonyl (C=O) groups excluding carboxylic acids is 2. The fourth-order valence-electron chi connectivity index (χ4n) is 5.83. The van der Waals surface area contributed by atoms with Crippen LogP contribution < -0.4 is 5.32 Å². The van der Waals surface area contributed by atoms with Gasteiger partial charge in [0.15, 0.2) is 0 Å². The first-order valence-electron chi connectivity index (χ1n) is 12.3. The van der Waals surface area contributed by atoms with E-state index in [4.69, 9.17) is 0 Å². The first-order valence-corrected chi connectivity index (χ1v) is 12.3. The van der Waals surface area contributed by atoms with Crippen molar-refractivity contribution in [3.8, 4) is 0 Å². The van der Waals surface area contributed by atoms with Gasteiger partial charge >= 0.3 is 6.03 Å². The van der Waals surface area contributed by atoms with Crippen molar-refractivity contribution in [2.24, 2.45) is 5.92 Å². The third-order valence-electron chi connectivity index (χ3n) is 7.68. The zero-order valence-electron chi connectivity index (χ0n) is 18.1. The Morgan fingerprint density at radius 3 is 2.03 bits per heavy atom. The van der Waals surface area contributed by atoms with E-state index in [1.54, 1.807) is 0 Å². The van der Waals surface area contributed by atoms with Gasteiger partial charge in [0.1, 0.15) is 0 Å². The Morgan fingerprint density at radius 1 is 0.655 bits per heavy atom. The van der Waals surface area contributed by atoms with Crippen molar-refractivity contribution in [2.75, 3.05) is 39.3 Å². The maximum Gasteiger partial charge on any atom is 0.317 e. The van der Waals surface area contributed by atoms with E-state index < -0.39 is 0 Å². The Kier molecular flexibility index (Phi) is 7.33. The van der Waals surface area contributed by atoms with Crippen LogP contribution in [0.5, 0.6) is 0 Å². The highest BCUT2D eigenvalue weighted by Gasteiger charge is 2.32. The Morgan fingerprint density at radius 2 is 1.31 bits per heavy atom. The van der Waals surface area contributed by atoms with E-state index in [2.05, 4.69) is 20.0 Å². The van der Waals surface area contributed by atoms with Crippen molar-refractivity contribution in [3.05, 3.63) is 0 Å². The summed E-state index contributed by atoms with van der Waals surface area (Å²) in [5.74, 6) is 0.630. The summed E-state index contributed by atoms with van der Waals surface area (Å²) < 4.78 is 0. The summed E-state index contributed by atoms with van der Waals surface area (Å²) in [5.41, 5.74) is 0. The molecule has 0 spiro atoms. The van der Waals surface area contributed by atoms with Crippen molar-refractivity contribution in [2.45, 2.75) is 89.1 Å². The number of hydrogen-bond acceptors (Lipinski definition) is 3. The summed E-state index contributed by atoms with van der Waals surface area (Å²) in [6, 6.07) is 0.875. The van der Waals surface area contributed by atoms with Gasteiger partial charge in [-0.2, -0.15) is 0 Å². The number of amides is 3. The van der Waals surface area contributed by atoms with Gasteiger partial charge in [-0.05, 0) is 64.5 Å². The second-order valence-electron chi connectivity index (χ2n) is 9.72. The van der Waals surface area contributed by atoms with E-state index in [0.29, 0.717) is 11.9 Å². The number of nitrogens with zero attached hydrogens (tertiary/aromatic N) is 3. The molecular formula is C23H40N4O2. The average molecular weight is 405 g/mol. The first kappa shape index (κ1) is 21.0. The minimum absolute atomic E-state index is 0.119. The molecule has 29 heavy (non-hydrogen) atoms. The van der Waals surface area contributed by atoms with Gasteiger partial charge in [-0.15, -0.1) is 0 Å². The molecule has 1 N–H and O–H groups in total. The van der Waals surface area contributed by atoms with E-state index >= 15 is 0 Å². The molecule has 0 bridgehead atoms. The summed E-state index contributed by atoms with van der Waals surface area (Å²) in [7, 11) is 0. The van der Waals surface area contributed by atoms with Crippen molar-refractivity contribution in [1.29, 1.82) is 0 Å². The Bertz CT molecular complexity index is 549. The highest BCUT2D eigenvalue weighted by molar-refractivity contribution is 5.79. The van der Waals surface area contributed by atoms with E-state index in [1.165, 1.54) is 58.0 Å². The number of urea groups is 1. The predicted octanol–water partition coefficient (Wildman–Crippen LogP) is 3.22. The molecule has 3 amide bonds. The molecule has 0 aromatic heterocycles. The molecule has 4 rings (SSSR count). The topological polar surface area (TPSA) is 55.9 Å². The lowest BCUT2D eigenvalue weighted by atomic mass is 9.87. The van der Waals surface area contributed by atoms with Crippen LogP contribution in [0.15, 0.2) is 0 Å². The van der Waals surface area contributed by atoms with Crippen LogP contribution in [0.4, 0.5) is 4.79 Å². The molecular weight excluding hydrogens is 364 g/mol. The van der Waals surface area contributed by atoms with Crippen LogP contribution in [-0.2, 0) is 4.79 Å². The van der Waals surface area contributed by atoms with Crippen molar-refractivity contribution in [1.82, 2.24) is 20.0 Å². The standard InChI is InChI=1S/C23H40N4O2/c28-22(19-8-2-1-3-9-19)26-16-11-20(12-17-26)24-23(29)27-15-5-4-10-21(18-27)25-13-6-7-14-25/h19-21H,1-18H2,(H,24,29). The molecule has 4 fully saturated rings. The molecule has 3 heterocycles. The number of rotatable bonds is 3. The quantitative estimate of drug-likeness (QED) is 0.786. The molecule has 0 radical (unpaired) electrons. The summed E-state index contributed by atoms with van der Waals surface area (Å²) in [4.78, 5) is 32.4. The number of nitrogens with one attached hydrogen (secondary N) is 1. The Hall–Kier alpha value is -1.30. The van der Waals surface area contributed by atoms with Crippen LogP contribution >= 0.6 is 0 Å². The third-order valence-corrected chi connectivity index (χ3v) is 7.68. The molecule has 1 atom stereocenters. The highest BCUT2D eigenvalue weighted by atomic mass is 16.2. The molecule has 0 aromatic rings. The van der Waals surface area contributed by atoms with E-state index in [1.807, 2.05) is 0 Å². The van der Waals surface area contributed by atoms with Crippen LogP contribution in [0.3, 0.4) is 0 Å². The van der Waals surface area contributed by atoms with Crippen LogP contribution in [-0.4, -0.2) is 78.0 Å². The minimum atomic E-state index is 0.119. The molecule has 1 saturated carbocycles. The monoisotopic (exact) mass is 404 g/mol. The van der Waals surface area contributed by atoms with E-state index in [-0.39, 0.29) is 18.0 Å². The van der Waals surface area contributed by atoms with Gasteiger partial charge in [-0.25, -0.2) is 4.79 Å². The summed E-state index contributed by atoms with van der Waals surface area (Å²) in [5, 5.41) is 3.30. The first-order chi connectivity index (χ1) is 14.2. The number of hydrogen-bond donors (Lipinski definition) is 1. The van der Waals surface area contributed by atoms with Crippen LogP contribution in [0.25, 0.3) is 0 Å². The van der Waals surface area contributed by atoms with Gasteiger partial charge in [-0.3, -0.25) is 9.69 Å². The van der Waals surface area contributed by atoms with Gasteiger partial charge in [0.25, 0.3) is 0 Å². The number of carbonyl (C=O) groups is 2. The smallest absolute Gasteiger partial charge is 0.317 e. The highest BCUT2D eigenvalue weighted by Crippen LogP contribution is 2.27. The largest absolute Gasteiger partial charge is 0.342 e. The van der Waals surface area contributed by atoms with Gasteiger partial charge in [0, 0.05) is 44.2 Å². The summed E-state index contributed by atoms with van der Waals surface area (Å²) in [6.07, 6.45) is 13.8. The van der Waals surface area contributed by atoms with E-state index in [9.17, 15) is 9.59 Å². The zero-order valence-corrected chi connectivity index (χ0v) is 18.1. The molecule has 3 saturated heterocycles. The third kappa shape index (κ3) is 5.44. The Balaban J connectivity index is 1.23. The molecule has 3 aliphatic heterocycles. The lowest BCUT2D eigenvalue weighted by Gasteiger charge is -2.36. The number of piperidine rings is 1. The molecule has 6 nitrogen and oxygen atoms in total. The fourth-order valence-corrected chi connectivity index (χ4v) is 5.83. The lowest BCUT2D eigenvalue weighted by Crippen LogP contribution is -2.53. The van der Waals surface area contributed by atoms with Crippen molar-refractivity contribution < 1.29 is 9.59 Å². The predicted molar refractivity (Wildman–Crippen MR) is 115 cm³/mol. The second kappa shape index (κ2) is 10.1. The normalized spacial score (nSPS) is 28.3. The molecule has 6 heteroatoms. The molecule has 164 valence electrons. The van der Waals surface area contributed by atoms with Crippen LogP contribution in [0, 0.1) is 5.92 Å². The van der Waals surface area contributed by atoms with Crippen molar-refractivity contribution in [3.63, 3.8) is 0 Å². The Labute approximate surface area is 176 Å². The summed E-state index contributed by atoms with van der Waals surface area (Å²) >= 11 is 0.